The molecule has 0 amide bonds. The van der Waals surface area contributed by atoms with Gasteiger partial charge in [-0.2, -0.15) is 0 Å². The molecule has 0 saturated heterocycles. The van der Waals surface area contributed by atoms with Gasteiger partial charge in [-0.1, -0.05) is 11.6 Å². The van der Waals surface area contributed by atoms with E-state index in [2.05, 4.69) is 15.0 Å². The van der Waals surface area contributed by atoms with Crippen LogP contribution in [-0.2, 0) is 0 Å². The van der Waals surface area contributed by atoms with E-state index in [1.54, 1.807) is 30.5 Å². The summed E-state index contributed by atoms with van der Waals surface area (Å²) < 4.78 is 13.4. The van der Waals surface area contributed by atoms with E-state index >= 15 is 0 Å². The number of halogens is 2. The Bertz CT molecular complexity index is 1380. The summed E-state index contributed by atoms with van der Waals surface area (Å²) in [6.45, 7) is 1.89. The van der Waals surface area contributed by atoms with E-state index in [-0.39, 0.29) is 5.56 Å². The number of aryl methyl sites for hydroxylation is 1. The standard InChI is InChI=1S/C23H15ClFN3O2/c1-13-6-7-27-19(8-13)21-17-10-15(24)3-4-18(17)28-23(30)22(21)20(29)5-2-14-9-16(25)12-26-11-14/h2-12H,1H3,(H,28,30)/b5-2+. The molecule has 0 atom stereocenters. The van der Waals surface area contributed by atoms with Gasteiger partial charge >= 0.3 is 0 Å². The fourth-order valence-electron chi connectivity index (χ4n) is 3.21. The van der Waals surface area contributed by atoms with Gasteiger partial charge in [-0.05, 0) is 66.6 Å². The fraction of sp³-hybridized carbons (Fsp3) is 0.0435. The third-order valence-electron chi connectivity index (χ3n) is 4.55. The van der Waals surface area contributed by atoms with E-state index in [0.29, 0.717) is 32.7 Å². The maximum atomic E-state index is 13.4. The van der Waals surface area contributed by atoms with E-state index in [4.69, 9.17) is 11.6 Å². The molecule has 4 aromatic rings. The number of fused-ring (bicyclic) bond motifs is 1. The number of hydrogen-bond acceptors (Lipinski definition) is 4. The van der Waals surface area contributed by atoms with E-state index < -0.39 is 17.2 Å². The quantitative estimate of drug-likeness (QED) is 0.374. The van der Waals surface area contributed by atoms with Gasteiger partial charge in [0.2, 0.25) is 0 Å². The number of aromatic nitrogens is 3. The van der Waals surface area contributed by atoms with Crippen molar-refractivity contribution in [1.82, 2.24) is 15.0 Å². The largest absolute Gasteiger partial charge is 0.321 e. The number of allylic oxidation sites excluding steroid dienone is 1. The number of aromatic amines is 1. The van der Waals surface area contributed by atoms with Gasteiger partial charge < -0.3 is 4.98 Å². The summed E-state index contributed by atoms with van der Waals surface area (Å²) in [5, 5.41) is 1.06. The summed E-state index contributed by atoms with van der Waals surface area (Å²) >= 11 is 6.18. The van der Waals surface area contributed by atoms with Crippen molar-refractivity contribution in [3.8, 4) is 11.3 Å². The molecule has 4 rings (SSSR count). The van der Waals surface area contributed by atoms with Crippen molar-refractivity contribution in [3.63, 3.8) is 0 Å². The normalized spacial score (nSPS) is 11.3. The maximum absolute atomic E-state index is 13.4. The third kappa shape index (κ3) is 3.90. The summed E-state index contributed by atoms with van der Waals surface area (Å²) in [6, 6.07) is 9.89. The van der Waals surface area contributed by atoms with E-state index in [0.717, 1.165) is 11.8 Å². The summed E-state index contributed by atoms with van der Waals surface area (Å²) in [4.78, 5) is 36.8. The highest BCUT2D eigenvalue weighted by Gasteiger charge is 2.20. The number of rotatable bonds is 4. The number of hydrogen-bond donors (Lipinski definition) is 1. The molecule has 148 valence electrons. The van der Waals surface area contributed by atoms with Crippen LogP contribution in [0.25, 0.3) is 28.2 Å². The molecule has 0 saturated carbocycles. The molecule has 3 aromatic heterocycles. The van der Waals surface area contributed by atoms with Crippen LogP contribution < -0.4 is 5.56 Å². The average molecular weight is 420 g/mol. The van der Waals surface area contributed by atoms with Crippen molar-refractivity contribution in [1.29, 1.82) is 0 Å². The number of pyridine rings is 3. The van der Waals surface area contributed by atoms with Gasteiger partial charge in [0.05, 0.1) is 17.5 Å². The first-order valence-electron chi connectivity index (χ1n) is 9.04. The number of benzene rings is 1. The zero-order chi connectivity index (χ0) is 21.3. The smallest absolute Gasteiger partial charge is 0.260 e. The minimum Gasteiger partial charge on any atom is -0.321 e. The highest BCUT2D eigenvalue weighted by Crippen LogP contribution is 2.31. The van der Waals surface area contributed by atoms with Crippen LogP contribution in [0.3, 0.4) is 0 Å². The van der Waals surface area contributed by atoms with Crippen LogP contribution in [0.5, 0.6) is 0 Å². The second-order valence-electron chi connectivity index (χ2n) is 6.75. The molecule has 0 bridgehead atoms. The maximum Gasteiger partial charge on any atom is 0.260 e. The lowest BCUT2D eigenvalue weighted by molar-refractivity contribution is 0.104. The molecule has 1 N–H and O–H groups in total. The Morgan fingerprint density at radius 2 is 2.00 bits per heavy atom. The van der Waals surface area contributed by atoms with Crippen molar-refractivity contribution < 1.29 is 9.18 Å². The summed E-state index contributed by atoms with van der Waals surface area (Å²) in [7, 11) is 0. The van der Waals surface area contributed by atoms with Crippen LogP contribution >= 0.6 is 11.6 Å². The molecule has 3 heterocycles. The van der Waals surface area contributed by atoms with Crippen LogP contribution in [0.15, 0.2) is 65.9 Å². The Balaban J connectivity index is 1.94. The van der Waals surface area contributed by atoms with E-state index in [1.165, 1.54) is 24.4 Å². The first kappa shape index (κ1) is 19.7. The average Bonchev–Trinajstić information content (AvgIpc) is 2.71. The highest BCUT2D eigenvalue weighted by atomic mass is 35.5. The number of nitrogens with one attached hydrogen (secondary N) is 1. The molecule has 0 aliphatic carbocycles. The van der Waals surface area contributed by atoms with Crippen LogP contribution in [0.4, 0.5) is 4.39 Å². The predicted molar refractivity (Wildman–Crippen MR) is 115 cm³/mol. The first-order chi connectivity index (χ1) is 14.4. The lowest BCUT2D eigenvalue weighted by atomic mass is 9.96. The number of H-pyrrole nitrogens is 1. The molecular weight excluding hydrogens is 405 g/mol. The molecule has 0 fully saturated rings. The van der Waals surface area contributed by atoms with Crippen LogP contribution in [0.1, 0.15) is 21.5 Å². The molecule has 0 unspecified atom stereocenters. The zero-order valence-corrected chi connectivity index (χ0v) is 16.6. The topological polar surface area (TPSA) is 75.7 Å². The molecule has 0 spiro atoms. The Labute approximate surface area is 175 Å². The molecule has 5 nitrogen and oxygen atoms in total. The Morgan fingerprint density at radius 1 is 1.17 bits per heavy atom. The minimum atomic E-state index is -0.546. The van der Waals surface area contributed by atoms with Crippen LogP contribution in [-0.4, -0.2) is 20.7 Å². The van der Waals surface area contributed by atoms with E-state index in [9.17, 15) is 14.0 Å². The minimum absolute atomic E-state index is 0.0662. The SMILES string of the molecule is Cc1ccnc(-c2c(C(=O)/C=C/c3cncc(F)c3)c(=O)[nH]c3ccc(Cl)cc23)c1. The van der Waals surface area contributed by atoms with Gasteiger partial charge in [-0.25, -0.2) is 4.39 Å². The lowest BCUT2D eigenvalue weighted by Gasteiger charge is -2.11. The van der Waals surface area contributed by atoms with Crippen LogP contribution in [0, 0.1) is 12.7 Å². The second kappa shape index (κ2) is 8.00. The van der Waals surface area contributed by atoms with Crippen molar-refractivity contribution >= 4 is 34.4 Å². The Morgan fingerprint density at radius 3 is 2.77 bits per heavy atom. The number of nitrogens with zero attached hydrogens (tertiary/aromatic N) is 2. The van der Waals surface area contributed by atoms with Gasteiger partial charge in [0.15, 0.2) is 5.78 Å². The predicted octanol–water partition coefficient (Wildman–Crippen LogP) is 4.98. The molecule has 30 heavy (non-hydrogen) atoms. The summed E-state index contributed by atoms with van der Waals surface area (Å²) in [5.41, 5.74) is 2.13. The highest BCUT2D eigenvalue weighted by molar-refractivity contribution is 6.31. The fourth-order valence-corrected chi connectivity index (χ4v) is 3.39. The Kier molecular flexibility index (Phi) is 5.25. The van der Waals surface area contributed by atoms with Crippen molar-refractivity contribution in [2.45, 2.75) is 6.92 Å². The van der Waals surface area contributed by atoms with Gasteiger partial charge in [0, 0.05) is 33.9 Å². The zero-order valence-electron chi connectivity index (χ0n) is 15.8. The van der Waals surface area contributed by atoms with Gasteiger partial charge in [0.1, 0.15) is 5.82 Å². The third-order valence-corrected chi connectivity index (χ3v) is 4.78. The monoisotopic (exact) mass is 419 g/mol. The number of ketones is 1. The molecular formula is C23H15ClFN3O2. The van der Waals surface area contributed by atoms with Crippen molar-refractivity contribution in [3.05, 3.63) is 98.9 Å². The van der Waals surface area contributed by atoms with Gasteiger partial charge in [-0.3, -0.25) is 19.6 Å². The summed E-state index contributed by atoms with van der Waals surface area (Å²) in [6.07, 6.45) is 6.73. The van der Waals surface area contributed by atoms with E-state index in [1.807, 2.05) is 13.0 Å². The van der Waals surface area contributed by atoms with Gasteiger partial charge in [0.25, 0.3) is 5.56 Å². The van der Waals surface area contributed by atoms with Crippen LogP contribution in [0.2, 0.25) is 5.02 Å². The van der Waals surface area contributed by atoms with Crippen molar-refractivity contribution in [2.24, 2.45) is 0 Å². The number of carbonyl (C=O) groups excluding carboxylic acids is 1. The molecule has 0 radical (unpaired) electrons. The van der Waals surface area contributed by atoms with Crippen molar-refractivity contribution in [2.75, 3.05) is 0 Å². The van der Waals surface area contributed by atoms with Gasteiger partial charge in [-0.15, -0.1) is 0 Å². The molecule has 7 heteroatoms. The molecule has 1 aromatic carbocycles. The number of carbonyl (C=O) groups is 1. The summed E-state index contributed by atoms with van der Waals surface area (Å²) in [5.74, 6) is -1.06. The molecule has 0 aliphatic heterocycles. The Hall–Kier alpha value is -3.64. The molecule has 0 aliphatic rings. The lowest BCUT2D eigenvalue weighted by Crippen LogP contribution is -2.19. The first-order valence-corrected chi connectivity index (χ1v) is 9.42. The second-order valence-corrected chi connectivity index (χ2v) is 7.18.